The lowest BCUT2D eigenvalue weighted by Gasteiger charge is -2.10. The predicted molar refractivity (Wildman–Crippen MR) is 87.5 cm³/mol. The van der Waals surface area contributed by atoms with Crippen LogP contribution < -0.4 is 11.1 Å². The fourth-order valence-electron chi connectivity index (χ4n) is 2.25. The van der Waals surface area contributed by atoms with Crippen molar-refractivity contribution in [3.63, 3.8) is 0 Å². The van der Waals surface area contributed by atoms with Gasteiger partial charge in [-0.05, 0) is 12.1 Å². The second-order valence-corrected chi connectivity index (χ2v) is 5.21. The van der Waals surface area contributed by atoms with Crippen LogP contribution in [0.3, 0.4) is 0 Å². The highest BCUT2D eigenvalue weighted by molar-refractivity contribution is 6.35. The fraction of sp³-hybridized carbons (Fsp3) is 0.133. The van der Waals surface area contributed by atoms with Crippen molar-refractivity contribution in [2.45, 2.75) is 0 Å². The molecule has 0 radical (unpaired) electrons. The van der Waals surface area contributed by atoms with Crippen molar-refractivity contribution >= 4 is 40.0 Å². The molecule has 3 rings (SSSR count). The Kier molecular flexibility index (Phi) is 3.98. The highest BCUT2D eigenvalue weighted by Crippen LogP contribution is 2.34. The van der Waals surface area contributed by atoms with Crippen LogP contribution in [0.25, 0.3) is 22.2 Å². The van der Waals surface area contributed by atoms with Gasteiger partial charge in [0.25, 0.3) is 0 Å². The lowest BCUT2D eigenvalue weighted by atomic mass is 10.1. The van der Waals surface area contributed by atoms with Crippen molar-refractivity contribution in [1.29, 1.82) is 0 Å². The monoisotopic (exact) mass is 350 g/mol. The van der Waals surface area contributed by atoms with Gasteiger partial charge < -0.3 is 20.3 Å². The molecular weight excluding hydrogens is 339 g/mol. The first kappa shape index (κ1) is 16.0. The molecule has 0 atom stereocenters. The van der Waals surface area contributed by atoms with E-state index in [-0.39, 0.29) is 22.1 Å². The number of nitrogen functional groups attached to an aromatic ring is 1. The zero-order valence-electron chi connectivity index (χ0n) is 12.7. The number of fused-ring (bicyclic) bond motifs is 1. The van der Waals surface area contributed by atoms with Gasteiger partial charge in [0.2, 0.25) is 0 Å². The predicted octanol–water partition coefficient (Wildman–Crippen LogP) is 3.09. The molecule has 0 aliphatic rings. The van der Waals surface area contributed by atoms with Crippen LogP contribution in [0.15, 0.2) is 22.7 Å². The van der Waals surface area contributed by atoms with Crippen LogP contribution in [0.2, 0.25) is 5.02 Å². The van der Waals surface area contributed by atoms with Gasteiger partial charge in [-0.25, -0.2) is 14.2 Å². The largest absolute Gasteiger partial charge is 0.464 e. The van der Waals surface area contributed by atoms with Crippen LogP contribution in [0, 0.1) is 5.82 Å². The van der Waals surface area contributed by atoms with Crippen molar-refractivity contribution in [2.75, 3.05) is 25.2 Å². The molecule has 2 heterocycles. The van der Waals surface area contributed by atoms with Crippen LogP contribution in [-0.2, 0) is 4.74 Å². The summed E-state index contributed by atoms with van der Waals surface area (Å²) in [7, 11) is 2.87. The number of hydrogen-bond acceptors (Lipinski definition) is 7. The zero-order chi connectivity index (χ0) is 17.4. The number of nitrogens with one attached hydrogen (secondary N) is 1. The number of esters is 1. The van der Waals surface area contributed by atoms with Gasteiger partial charge in [-0.1, -0.05) is 22.8 Å². The molecule has 0 saturated heterocycles. The summed E-state index contributed by atoms with van der Waals surface area (Å²) < 4.78 is 24.3. The minimum absolute atomic E-state index is 0.137. The maximum Gasteiger partial charge on any atom is 0.358 e. The molecule has 3 N–H and O–H groups in total. The summed E-state index contributed by atoms with van der Waals surface area (Å²) in [4.78, 5) is 15.7. The quantitative estimate of drug-likeness (QED) is 0.699. The number of rotatable bonds is 3. The second-order valence-electron chi connectivity index (χ2n) is 4.83. The molecule has 0 spiro atoms. The van der Waals surface area contributed by atoms with Crippen LogP contribution in [0.4, 0.5) is 15.9 Å². The standard InChI is InChI=1S/C15H12ClFN4O3/c1-19-14-7-4-3-6(5-8(7)24-21-14)12-10(17)11(18)9(16)13(20-12)15(22)23-2/h3-5H,1-2H3,(H2,18,20)(H,19,21). The van der Waals surface area contributed by atoms with E-state index in [9.17, 15) is 9.18 Å². The molecule has 0 fully saturated rings. The third kappa shape index (κ3) is 2.41. The summed E-state index contributed by atoms with van der Waals surface area (Å²) in [6, 6.07) is 4.85. The number of carbonyl (C=O) groups is 1. The van der Waals surface area contributed by atoms with E-state index in [4.69, 9.17) is 21.9 Å². The molecule has 124 valence electrons. The number of nitrogens with zero attached hydrogens (tertiary/aromatic N) is 2. The summed E-state index contributed by atoms with van der Waals surface area (Å²) in [5.74, 6) is -1.10. The maximum atomic E-state index is 14.5. The van der Waals surface area contributed by atoms with Crippen molar-refractivity contribution in [2.24, 2.45) is 0 Å². The number of hydrogen-bond donors (Lipinski definition) is 2. The van der Waals surface area contributed by atoms with E-state index in [0.717, 1.165) is 5.39 Å². The van der Waals surface area contributed by atoms with E-state index < -0.39 is 11.8 Å². The average Bonchev–Trinajstić information content (AvgIpc) is 3.01. The van der Waals surface area contributed by atoms with Gasteiger partial charge in [-0.3, -0.25) is 0 Å². The highest BCUT2D eigenvalue weighted by atomic mass is 35.5. The molecule has 7 nitrogen and oxygen atoms in total. The number of carbonyl (C=O) groups excluding carboxylic acids is 1. The van der Waals surface area contributed by atoms with Gasteiger partial charge in [0, 0.05) is 12.6 Å². The van der Waals surface area contributed by atoms with Crippen molar-refractivity contribution in [3.05, 3.63) is 34.7 Å². The average molecular weight is 351 g/mol. The topological polar surface area (TPSA) is 103 Å². The summed E-state index contributed by atoms with van der Waals surface area (Å²) in [6.45, 7) is 0. The Morgan fingerprint density at radius 3 is 2.88 bits per heavy atom. The van der Waals surface area contributed by atoms with Gasteiger partial charge in [0.15, 0.2) is 22.9 Å². The first-order valence-electron chi connectivity index (χ1n) is 6.78. The van der Waals surface area contributed by atoms with E-state index in [1.54, 1.807) is 25.2 Å². The number of methoxy groups -OCH3 is 1. The Labute approximate surface area is 140 Å². The third-order valence-corrected chi connectivity index (χ3v) is 3.86. The smallest absolute Gasteiger partial charge is 0.358 e. The molecule has 24 heavy (non-hydrogen) atoms. The molecule has 3 aromatic rings. The van der Waals surface area contributed by atoms with E-state index in [2.05, 4.69) is 20.2 Å². The summed E-state index contributed by atoms with van der Waals surface area (Å²) in [6.07, 6.45) is 0. The fourth-order valence-corrected chi connectivity index (χ4v) is 2.45. The van der Waals surface area contributed by atoms with E-state index in [1.165, 1.54) is 7.11 Å². The molecule has 0 amide bonds. The van der Waals surface area contributed by atoms with Gasteiger partial charge in [0.1, 0.15) is 5.69 Å². The van der Waals surface area contributed by atoms with Crippen LogP contribution in [0.5, 0.6) is 0 Å². The zero-order valence-corrected chi connectivity index (χ0v) is 13.4. The van der Waals surface area contributed by atoms with Crippen molar-refractivity contribution in [3.8, 4) is 11.3 Å². The molecule has 0 aliphatic heterocycles. The molecular formula is C15H12ClFN4O3. The molecule has 1 aromatic carbocycles. The van der Waals surface area contributed by atoms with Crippen LogP contribution in [0.1, 0.15) is 10.5 Å². The molecule has 0 aliphatic carbocycles. The van der Waals surface area contributed by atoms with E-state index >= 15 is 0 Å². The summed E-state index contributed by atoms with van der Waals surface area (Å²) in [5.41, 5.74) is 5.65. The molecule has 2 aromatic heterocycles. The number of aromatic nitrogens is 2. The van der Waals surface area contributed by atoms with Crippen LogP contribution in [-0.4, -0.2) is 30.3 Å². The Morgan fingerprint density at radius 2 is 2.21 bits per heavy atom. The van der Waals surface area contributed by atoms with Gasteiger partial charge >= 0.3 is 5.97 Å². The Hall–Kier alpha value is -2.87. The number of benzene rings is 1. The SMILES string of the molecule is CNc1noc2cc(-c3nc(C(=O)OC)c(Cl)c(N)c3F)ccc12. The molecule has 0 saturated carbocycles. The first-order chi connectivity index (χ1) is 11.5. The number of halogens is 2. The molecule has 9 heteroatoms. The number of nitrogens with two attached hydrogens (primary N) is 1. The third-order valence-electron chi connectivity index (χ3n) is 3.47. The molecule has 0 bridgehead atoms. The minimum atomic E-state index is -0.833. The Morgan fingerprint density at radius 1 is 1.46 bits per heavy atom. The lowest BCUT2D eigenvalue weighted by molar-refractivity contribution is 0.0594. The number of anilines is 2. The number of pyridine rings is 1. The van der Waals surface area contributed by atoms with Crippen molar-refractivity contribution < 1.29 is 18.4 Å². The van der Waals surface area contributed by atoms with Gasteiger partial charge in [-0.15, -0.1) is 0 Å². The lowest BCUT2D eigenvalue weighted by Crippen LogP contribution is -2.10. The number of ether oxygens (including phenoxy) is 1. The maximum absolute atomic E-state index is 14.5. The second kappa shape index (κ2) is 5.97. The highest BCUT2D eigenvalue weighted by Gasteiger charge is 2.23. The van der Waals surface area contributed by atoms with Gasteiger partial charge in [-0.2, -0.15) is 0 Å². The summed E-state index contributed by atoms with van der Waals surface area (Å²) >= 11 is 5.88. The van der Waals surface area contributed by atoms with E-state index in [1.807, 2.05) is 0 Å². The van der Waals surface area contributed by atoms with E-state index in [0.29, 0.717) is 17.0 Å². The summed E-state index contributed by atoms with van der Waals surface area (Å²) in [5, 5.41) is 7.15. The first-order valence-corrected chi connectivity index (χ1v) is 7.16. The Bertz CT molecular complexity index is 958. The Balaban J connectivity index is 2.21. The van der Waals surface area contributed by atoms with Crippen molar-refractivity contribution in [1.82, 2.24) is 10.1 Å². The molecule has 0 unspecified atom stereocenters. The van der Waals surface area contributed by atoms with Crippen LogP contribution >= 0.6 is 11.6 Å². The minimum Gasteiger partial charge on any atom is -0.464 e. The van der Waals surface area contributed by atoms with Gasteiger partial charge in [0.05, 0.1) is 23.2 Å². The normalized spacial score (nSPS) is 10.8.